The van der Waals surface area contributed by atoms with E-state index in [4.69, 9.17) is 14.3 Å². The molecular formula is C13H21NO3. The number of methoxy groups -OCH3 is 1. The fourth-order valence-electron chi connectivity index (χ4n) is 2.06. The van der Waals surface area contributed by atoms with Crippen LogP contribution >= 0.6 is 0 Å². The van der Waals surface area contributed by atoms with Gasteiger partial charge in [-0.15, -0.1) is 0 Å². The van der Waals surface area contributed by atoms with Gasteiger partial charge in [0.25, 0.3) is 0 Å². The van der Waals surface area contributed by atoms with E-state index in [0.29, 0.717) is 11.2 Å². The molecule has 1 aromatic heterocycles. The number of aliphatic hydroxyl groups is 1. The Morgan fingerprint density at radius 1 is 1.41 bits per heavy atom. The summed E-state index contributed by atoms with van der Waals surface area (Å²) in [6.07, 6.45) is 3.73. The Kier molecular flexibility index (Phi) is 4.20. The third kappa shape index (κ3) is 3.56. The van der Waals surface area contributed by atoms with Crippen LogP contribution in [-0.2, 0) is 17.9 Å². The van der Waals surface area contributed by atoms with Gasteiger partial charge in [0, 0.05) is 20.3 Å². The van der Waals surface area contributed by atoms with E-state index >= 15 is 0 Å². The minimum absolute atomic E-state index is 0.0300. The van der Waals surface area contributed by atoms with Crippen molar-refractivity contribution in [1.82, 2.24) is 5.32 Å². The van der Waals surface area contributed by atoms with E-state index < -0.39 is 0 Å². The van der Waals surface area contributed by atoms with Crippen LogP contribution < -0.4 is 5.32 Å². The van der Waals surface area contributed by atoms with E-state index in [-0.39, 0.29) is 6.61 Å². The summed E-state index contributed by atoms with van der Waals surface area (Å²) in [7, 11) is 1.75. The number of furan rings is 1. The van der Waals surface area contributed by atoms with Crippen molar-refractivity contribution in [1.29, 1.82) is 0 Å². The summed E-state index contributed by atoms with van der Waals surface area (Å²) in [6.45, 7) is 2.56. The van der Waals surface area contributed by atoms with Gasteiger partial charge in [0.1, 0.15) is 18.1 Å². The summed E-state index contributed by atoms with van der Waals surface area (Å²) in [5.41, 5.74) is 0.461. The normalized spacial score (nSPS) is 17.3. The molecule has 2 rings (SSSR count). The number of hydrogen-bond acceptors (Lipinski definition) is 4. The van der Waals surface area contributed by atoms with E-state index in [1.54, 1.807) is 7.11 Å². The fourth-order valence-corrected chi connectivity index (χ4v) is 2.06. The fraction of sp³-hybridized carbons (Fsp3) is 0.692. The minimum atomic E-state index is -0.0300. The zero-order chi connectivity index (χ0) is 12.1. The van der Waals surface area contributed by atoms with Gasteiger partial charge in [-0.25, -0.2) is 0 Å². The van der Waals surface area contributed by atoms with Crippen LogP contribution in [0, 0.1) is 5.41 Å². The molecule has 0 spiro atoms. The van der Waals surface area contributed by atoms with Crippen molar-refractivity contribution in [3.8, 4) is 0 Å². The molecule has 1 aromatic rings. The molecule has 0 bridgehead atoms. The molecule has 17 heavy (non-hydrogen) atoms. The van der Waals surface area contributed by atoms with E-state index in [0.717, 1.165) is 31.9 Å². The molecular weight excluding hydrogens is 218 g/mol. The van der Waals surface area contributed by atoms with Gasteiger partial charge in [0.05, 0.1) is 6.54 Å². The summed E-state index contributed by atoms with van der Waals surface area (Å²) in [5.74, 6) is 1.51. The number of rotatable bonds is 8. The van der Waals surface area contributed by atoms with Gasteiger partial charge in [-0.3, -0.25) is 0 Å². The van der Waals surface area contributed by atoms with E-state index in [2.05, 4.69) is 5.32 Å². The molecule has 1 aliphatic rings. The van der Waals surface area contributed by atoms with Crippen molar-refractivity contribution in [2.24, 2.45) is 5.41 Å². The highest BCUT2D eigenvalue weighted by atomic mass is 16.5. The smallest absolute Gasteiger partial charge is 0.129 e. The van der Waals surface area contributed by atoms with Gasteiger partial charge < -0.3 is 19.6 Å². The maximum Gasteiger partial charge on any atom is 0.129 e. The summed E-state index contributed by atoms with van der Waals surface area (Å²) < 4.78 is 10.5. The maximum absolute atomic E-state index is 8.88. The third-order valence-corrected chi connectivity index (χ3v) is 3.47. The summed E-state index contributed by atoms with van der Waals surface area (Å²) in [4.78, 5) is 0. The zero-order valence-electron chi connectivity index (χ0n) is 10.4. The summed E-state index contributed by atoms with van der Waals surface area (Å²) in [5, 5.41) is 12.3. The lowest BCUT2D eigenvalue weighted by atomic mass is 10.0. The molecule has 1 aliphatic carbocycles. The Morgan fingerprint density at radius 2 is 2.18 bits per heavy atom. The van der Waals surface area contributed by atoms with Gasteiger partial charge in [0.2, 0.25) is 0 Å². The first-order valence-corrected chi connectivity index (χ1v) is 6.16. The maximum atomic E-state index is 8.88. The lowest BCUT2D eigenvalue weighted by Gasteiger charge is -2.14. The lowest BCUT2D eigenvalue weighted by molar-refractivity contribution is 0.171. The first-order chi connectivity index (χ1) is 8.28. The van der Waals surface area contributed by atoms with Crippen LogP contribution in [0.2, 0.25) is 0 Å². The highest BCUT2D eigenvalue weighted by Gasteiger charge is 2.41. The van der Waals surface area contributed by atoms with Gasteiger partial charge >= 0.3 is 0 Å². The molecule has 4 nitrogen and oxygen atoms in total. The third-order valence-electron chi connectivity index (χ3n) is 3.47. The van der Waals surface area contributed by atoms with Crippen molar-refractivity contribution in [2.75, 3.05) is 20.3 Å². The van der Waals surface area contributed by atoms with Gasteiger partial charge in [-0.1, -0.05) is 0 Å². The monoisotopic (exact) mass is 239 g/mol. The van der Waals surface area contributed by atoms with Crippen molar-refractivity contribution in [3.05, 3.63) is 23.7 Å². The number of nitrogens with one attached hydrogen (secondary N) is 1. The predicted molar refractivity (Wildman–Crippen MR) is 64.5 cm³/mol. The van der Waals surface area contributed by atoms with Gasteiger partial charge in [-0.2, -0.15) is 0 Å². The summed E-state index contributed by atoms with van der Waals surface area (Å²) in [6, 6.07) is 3.72. The lowest BCUT2D eigenvalue weighted by Crippen LogP contribution is -2.24. The quantitative estimate of drug-likeness (QED) is 0.724. The number of hydrogen-bond donors (Lipinski definition) is 2. The van der Waals surface area contributed by atoms with E-state index in [9.17, 15) is 0 Å². The Hall–Kier alpha value is -0.840. The molecule has 1 heterocycles. The molecule has 1 fully saturated rings. The first kappa shape index (κ1) is 12.6. The van der Waals surface area contributed by atoms with Crippen LogP contribution in [0.25, 0.3) is 0 Å². The van der Waals surface area contributed by atoms with Crippen molar-refractivity contribution in [3.63, 3.8) is 0 Å². The summed E-state index contributed by atoms with van der Waals surface area (Å²) >= 11 is 0. The molecule has 1 saturated carbocycles. The minimum Gasteiger partial charge on any atom is -0.462 e. The number of aliphatic hydroxyl groups excluding tert-OH is 1. The molecule has 0 saturated heterocycles. The van der Waals surface area contributed by atoms with Crippen molar-refractivity contribution < 1.29 is 14.3 Å². The highest BCUT2D eigenvalue weighted by Crippen LogP contribution is 2.48. The van der Waals surface area contributed by atoms with Crippen LogP contribution in [0.4, 0.5) is 0 Å². The van der Waals surface area contributed by atoms with E-state index in [1.807, 2.05) is 12.1 Å². The number of ether oxygens (including phenoxy) is 1. The Labute approximate surface area is 102 Å². The molecule has 0 amide bonds. The highest BCUT2D eigenvalue weighted by molar-refractivity contribution is 5.06. The van der Waals surface area contributed by atoms with Crippen LogP contribution in [0.3, 0.4) is 0 Å². The molecule has 0 aromatic carbocycles. The molecule has 0 unspecified atom stereocenters. The standard InChI is InChI=1S/C13H21NO3/c1-16-7-6-13(4-5-13)10-14-8-11-2-3-12(9-15)17-11/h2-3,14-15H,4-10H2,1H3. The molecule has 0 atom stereocenters. The molecule has 4 heteroatoms. The average molecular weight is 239 g/mol. The van der Waals surface area contributed by atoms with Crippen LogP contribution in [0.1, 0.15) is 30.8 Å². The first-order valence-electron chi connectivity index (χ1n) is 6.16. The van der Waals surface area contributed by atoms with Crippen LogP contribution in [0.5, 0.6) is 0 Å². The predicted octanol–water partition coefficient (Wildman–Crippen LogP) is 1.68. The van der Waals surface area contributed by atoms with Crippen molar-refractivity contribution >= 4 is 0 Å². The van der Waals surface area contributed by atoms with Gasteiger partial charge in [0.15, 0.2) is 0 Å². The van der Waals surface area contributed by atoms with Crippen LogP contribution in [-0.4, -0.2) is 25.4 Å². The average Bonchev–Trinajstić information content (AvgIpc) is 2.96. The SMILES string of the molecule is COCCC1(CNCc2ccc(CO)o2)CC1. The second kappa shape index (κ2) is 5.67. The largest absolute Gasteiger partial charge is 0.462 e. The second-order valence-corrected chi connectivity index (χ2v) is 4.87. The van der Waals surface area contributed by atoms with Gasteiger partial charge in [-0.05, 0) is 36.8 Å². The molecule has 2 N–H and O–H groups in total. The zero-order valence-corrected chi connectivity index (χ0v) is 10.4. The molecule has 96 valence electrons. The van der Waals surface area contributed by atoms with Crippen molar-refractivity contribution in [2.45, 2.75) is 32.4 Å². The van der Waals surface area contributed by atoms with Crippen LogP contribution in [0.15, 0.2) is 16.5 Å². The van der Waals surface area contributed by atoms with E-state index in [1.165, 1.54) is 12.8 Å². The topological polar surface area (TPSA) is 54.6 Å². The Morgan fingerprint density at radius 3 is 2.76 bits per heavy atom. The molecule has 0 aliphatic heterocycles. The second-order valence-electron chi connectivity index (χ2n) is 4.87. The molecule has 0 radical (unpaired) electrons. The Balaban J connectivity index is 1.69. The Bertz CT molecular complexity index is 344.